The molecule has 0 aliphatic rings. The Morgan fingerprint density at radius 3 is 1.08 bits per heavy atom. The first-order valence-electron chi connectivity index (χ1n) is 7.96. The fraction of sp³-hybridized carbons (Fsp3) is 0.0417. The van der Waals surface area contributed by atoms with E-state index in [9.17, 15) is 4.79 Å². The fourth-order valence-electron chi connectivity index (χ4n) is 1.85. The molecule has 0 saturated heterocycles. The molecule has 2 rings (SSSR count). The van der Waals surface area contributed by atoms with Gasteiger partial charge in [-0.2, -0.15) is 0 Å². The van der Waals surface area contributed by atoms with E-state index in [1.165, 1.54) is 7.11 Å². The Bertz CT molecular complexity index is 645. The second-order valence-corrected chi connectivity index (χ2v) is 4.80. The molecule has 0 heterocycles. The molecular formula is C24H26O2. The number of esters is 1. The van der Waals surface area contributed by atoms with Crippen molar-refractivity contribution in [2.45, 2.75) is 0 Å². The standard InChI is InChI=1S/2C10H10.C4H6O2/c2*1-3-9-7-5-6-8-10(9)4-2;1-3-4(5)6-2/h2*3-8H,1-2H2;3H,1H2,2H3. The molecule has 0 radical (unpaired) electrons. The Hall–Kier alpha value is -3.39. The van der Waals surface area contributed by atoms with Gasteiger partial charge in [-0.25, -0.2) is 4.79 Å². The van der Waals surface area contributed by atoms with Crippen LogP contribution in [-0.2, 0) is 9.53 Å². The largest absolute Gasteiger partial charge is 0.466 e. The second-order valence-electron chi connectivity index (χ2n) is 4.80. The summed E-state index contributed by atoms with van der Waals surface area (Å²) >= 11 is 0. The van der Waals surface area contributed by atoms with Crippen LogP contribution in [0.3, 0.4) is 0 Å². The second kappa shape index (κ2) is 14.0. The first-order valence-corrected chi connectivity index (χ1v) is 7.96. The molecule has 2 aromatic carbocycles. The summed E-state index contributed by atoms with van der Waals surface area (Å²) in [6, 6.07) is 16.0. The van der Waals surface area contributed by atoms with E-state index in [-0.39, 0.29) is 0 Å². The maximum atomic E-state index is 9.84. The number of hydrogen-bond acceptors (Lipinski definition) is 2. The highest BCUT2D eigenvalue weighted by Crippen LogP contribution is 2.10. The number of hydrogen-bond donors (Lipinski definition) is 0. The summed E-state index contributed by atoms with van der Waals surface area (Å²) < 4.78 is 4.14. The number of methoxy groups -OCH3 is 1. The Morgan fingerprint density at radius 2 is 0.962 bits per heavy atom. The van der Waals surface area contributed by atoms with Crippen molar-refractivity contribution >= 4 is 30.3 Å². The highest BCUT2D eigenvalue weighted by atomic mass is 16.5. The monoisotopic (exact) mass is 346 g/mol. The predicted octanol–water partition coefficient (Wildman–Crippen LogP) is 6.29. The van der Waals surface area contributed by atoms with Crippen molar-refractivity contribution in [3.63, 3.8) is 0 Å². The third kappa shape index (κ3) is 8.46. The van der Waals surface area contributed by atoms with Gasteiger partial charge in [0.2, 0.25) is 0 Å². The van der Waals surface area contributed by atoms with Gasteiger partial charge >= 0.3 is 5.97 Å². The average Bonchev–Trinajstić information content (AvgIpc) is 2.73. The van der Waals surface area contributed by atoms with E-state index in [1.807, 2.05) is 72.8 Å². The van der Waals surface area contributed by atoms with Crippen LogP contribution in [0.25, 0.3) is 24.3 Å². The summed E-state index contributed by atoms with van der Waals surface area (Å²) in [5, 5.41) is 0. The number of ether oxygens (including phenoxy) is 1. The van der Waals surface area contributed by atoms with Crippen LogP contribution in [0.15, 0.2) is 87.5 Å². The first kappa shape index (κ1) is 22.6. The molecule has 0 saturated carbocycles. The van der Waals surface area contributed by atoms with Crippen LogP contribution >= 0.6 is 0 Å². The van der Waals surface area contributed by atoms with E-state index in [2.05, 4.69) is 37.6 Å². The molecule has 2 heteroatoms. The average molecular weight is 346 g/mol. The van der Waals surface area contributed by atoms with E-state index >= 15 is 0 Å². The summed E-state index contributed by atoms with van der Waals surface area (Å²) in [7, 11) is 1.31. The highest BCUT2D eigenvalue weighted by molar-refractivity contribution is 5.80. The zero-order valence-corrected chi connectivity index (χ0v) is 15.4. The fourth-order valence-corrected chi connectivity index (χ4v) is 1.85. The SMILES string of the molecule is C=CC(=O)OC.C=Cc1ccccc1C=C.C=Cc1ccccc1C=C. The zero-order valence-electron chi connectivity index (χ0n) is 15.4. The van der Waals surface area contributed by atoms with E-state index in [0.717, 1.165) is 28.3 Å². The van der Waals surface area contributed by atoms with Crippen molar-refractivity contribution in [2.75, 3.05) is 7.11 Å². The molecule has 0 aliphatic heterocycles. The van der Waals surface area contributed by atoms with Crippen molar-refractivity contribution in [3.05, 3.63) is 110 Å². The molecule has 134 valence electrons. The van der Waals surface area contributed by atoms with Crippen molar-refractivity contribution in [2.24, 2.45) is 0 Å². The molecular weight excluding hydrogens is 320 g/mol. The van der Waals surface area contributed by atoms with Gasteiger partial charge in [0.15, 0.2) is 0 Å². The van der Waals surface area contributed by atoms with Crippen LogP contribution in [0.5, 0.6) is 0 Å². The molecule has 0 unspecified atom stereocenters. The third-order valence-corrected chi connectivity index (χ3v) is 3.24. The molecule has 0 aromatic heterocycles. The lowest BCUT2D eigenvalue weighted by atomic mass is 10.1. The maximum absolute atomic E-state index is 9.84. The minimum Gasteiger partial charge on any atom is -0.466 e. The topological polar surface area (TPSA) is 26.3 Å². The van der Waals surface area contributed by atoms with Crippen molar-refractivity contribution in [1.82, 2.24) is 0 Å². The summed E-state index contributed by atoms with van der Waals surface area (Å²) in [5.41, 5.74) is 4.55. The Kier molecular flexibility index (Phi) is 12.2. The maximum Gasteiger partial charge on any atom is 0.329 e. The van der Waals surface area contributed by atoms with Crippen LogP contribution in [0.1, 0.15) is 22.3 Å². The normalized spacial score (nSPS) is 8.35. The van der Waals surface area contributed by atoms with Crippen molar-refractivity contribution in [3.8, 4) is 0 Å². The molecule has 0 fully saturated rings. The summed E-state index contributed by atoms with van der Waals surface area (Å²) in [5.74, 6) is -0.394. The summed E-state index contributed by atoms with van der Waals surface area (Å²) in [6.45, 7) is 17.9. The van der Waals surface area contributed by atoms with Crippen LogP contribution in [0, 0.1) is 0 Å². The van der Waals surface area contributed by atoms with E-state index in [0.29, 0.717) is 0 Å². The summed E-state index contributed by atoms with van der Waals surface area (Å²) in [4.78, 5) is 9.84. The number of benzene rings is 2. The van der Waals surface area contributed by atoms with Gasteiger partial charge in [-0.1, -0.05) is 106 Å². The molecule has 0 bridgehead atoms. The Morgan fingerprint density at radius 1 is 0.692 bits per heavy atom. The van der Waals surface area contributed by atoms with Gasteiger partial charge in [-0.05, 0) is 22.3 Å². The van der Waals surface area contributed by atoms with Crippen LogP contribution in [-0.4, -0.2) is 13.1 Å². The Labute approximate surface area is 157 Å². The van der Waals surface area contributed by atoms with Crippen LogP contribution in [0.2, 0.25) is 0 Å². The van der Waals surface area contributed by atoms with E-state index < -0.39 is 5.97 Å². The molecule has 2 aromatic rings. The number of carbonyl (C=O) groups excluding carboxylic acids is 1. The first-order chi connectivity index (χ1) is 12.6. The molecule has 2 nitrogen and oxygen atoms in total. The lowest BCUT2D eigenvalue weighted by Gasteiger charge is -1.96. The minimum absolute atomic E-state index is 0.394. The molecule has 0 aliphatic carbocycles. The van der Waals surface area contributed by atoms with Crippen LogP contribution in [0.4, 0.5) is 0 Å². The molecule has 0 spiro atoms. The highest BCUT2D eigenvalue weighted by Gasteiger charge is 1.90. The zero-order chi connectivity index (χ0) is 19.8. The molecule has 0 N–H and O–H groups in total. The summed E-state index contributed by atoms with van der Waals surface area (Å²) in [6.07, 6.45) is 8.43. The number of rotatable bonds is 5. The quantitative estimate of drug-likeness (QED) is 0.470. The van der Waals surface area contributed by atoms with Gasteiger partial charge in [0.1, 0.15) is 0 Å². The van der Waals surface area contributed by atoms with E-state index in [1.54, 1.807) is 0 Å². The van der Waals surface area contributed by atoms with E-state index in [4.69, 9.17) is 0 Å². The van der Waals surface area contributed by atoms with Gasteiger partial charge in [0, 0.05) is 6.08 Å². The predicted molar refractivity (Wildman–Crippen MR) is 115 cm³/mol. The van der Waals surface area contributed by atoms with Gasteiger partial charge in [0.05, 0.1) is 7.11 Å². The lowest BCUT2D eigenvalue weighted by molar-refractivity contribution is -0.134. The molecule has 26 heavy (non-hydrogen) atoms. The lowest BCUT2D eigenvalue weighted by Crippen LogP contribution is -1.91. The third-order valence-electron chi connectivity index (χ3n) is 3.24. The van der Waals surface area contributed by atoms with Gasteiger partial charge in [-0.15, -0.1) is 0 Å². The smallest absolute Gasteiger partial charge is 0.329 e. The molecule has 0 atom stereocenters. The van der Waals surface area contributed by atoms with Gasteiger partial charge in [0.25, 0.3) is 0 Å². The minimum atomic E-state index is -0.394. The van der Waals surface area contributed by atoms with Gasteiger partial charge < -0.3 is 4.74 Å². The number of carbonyl (C=O) groups is 1. The van der Waals surface area contributed by atoms with Crippen molar-refractivity contribution < 1.29 is 9.53 Å². The Balaban J connectivity index is 0.000000375. The van der Waals surface area contributed by atoms with Crippen molar-refractivity contribution in [1.29, 1.82) is 0 Å². The molecule has 0 amide bonds. The van der Waals surface area contributed by atoms with Crippen LogP contribution < -0.4 is 0 Å². The van der Waals surface area contributed by atoms with Gasteiger partial charge in [-0.3, -0.25) is 0 Å².